The highest BCUT2D eigenvalue weighted by Gasteiger charge is 2.14. The molecule has 0 unspecified atom stereocenters. The van der Waals surface area contributed by atoms with E-state index < -0.39 is 0 Å². The summed E-state index contributed by atoms with van der Waals surface area (Å²) < 4.78 is 8.37. The third-order valence-corrected chi connectivity index (χ3v) is 6.86. The number of benzene rings is 5. The lowest BCUT2D eigenvalue weighted by molar-refractivity contribution is 0.483. The van der Waals surface area contributed by atoms with Crippen LogP contribution in [0, 0.1) is 7.14 Å². The Bertz CT molecular complexity index is 1680. The maximum absolute atomic E-state index is 6.02. The van der Waals surface area contributed by atoms with Gasteiger partial charge in [0.1, 0.15) is 11.5 Å². The molecular weight excluding hydrogens is 624 g/mol. The molecule has 0 aliphatic heterocycles. The first-order valence-electron chi connectivity index (χ1n) is 10.0. The first kappa shape index (κ1) is 19.9. The summed E-state index contributed by atoms with van der Waals surface area (Å²) in [5.41, 5.74) is 9.96. The molecule has 0 bridgehead atoms. The molecule has 1 aromatic heterocycles. The molecule has 5 aromatic carbocycles. The van der Waals surface area contributed by atoms with Crippen LogP contribution in [0.4, 0.5) is 5.69 Å². The number of hydrogen-bond acceptors (Lipinski definition) is 4. The molecule has 0 aliphatic rings. The van der Waals surface area contributed by atoms with Gasteiger partial charge in [0.2, 0.25) is 0 Å². The Morgan fingerprint density at radius 2 is 1.12 bits per heavy atom. The predicted molar refractivity (Wildman–Crippen MR) is 148 cm³/mol. The summed E-state index contributed by atoms with van der Waals surface area (Å²) in [4.78, 5) is 10.1. The minimum atomic E-state index is 0.705. The molecule has 1 heterocycles. The van der Waals surface area contributed by atoms with Crippen LogP contribution in [0.2, 0.25) is 0 Å². The van der Waals surface area contributed by atoms with E-state index in [2.05, 4.69) is 81.6 Å². The maximum atomic E-state index is 6.02. The minimum Gasteiger partial charge on any atom is -0.457 e. The van der Waals surface area contributed by atoms with E-state index in [1.54, 1.807) is 0 Å². The molecule has 0 spiro atoms. The van der Waals surface area contributed by atoms with Crippen LogP contribution in [0.5, 0.6) is 11.5 Å². The lowest BCUT2D eigenvalue weighted by atomic mass is 9.99. The molecule has 0 fully saturated rings. The molecule has 0 radical (unpaired) electrons. The van der Waals surface area contributed by atoms with Gasteiger partial charge in [-0.3, -0.25) is 0 Å². The van der Waals surface area contributed by atoms with Gasteiger partial charge in [0, 0.05) is 29.7 Å². The molecule has 0 amide bonds. The van der Waals surface area contributed by atoms with Crippen molar-refractivity contribution in [2.75, 3.05) is 5.73 Å². The largest absolute Gasteiger partial charge is 0.457 e. The van der Waals surface area contributed by atoms with E-state index in [9.17, 15) is 0 Å². The van der Waals surface area contributed by atoms with Crippen molar-refractivity contribution >= 4 is 94.5 Å². The van der Waals surface area contributed by atoms with Gasteiger partial charge in [-0.2, -0.15) is 0 Å². The number of ether oxygens (including phenoxy) is 1. The Balaban J connectivity index is 1.63. The van der Waals surface area contributed by atoms with Crippen LogP contribution in [0.15, 0.2) is 78.9 Å². The highest BCUT2D eigenvalue weighted by atomic mass is 127. The number of rotatable bonds is 2. The Hall–Kier alpha value is -2.72. The highest BCUT2D eigenvalue weighted by Crippen LogP contribution is 2.36. The fourth-order valence-corrected chi connectivity index (χ4v) is 5.02. The fourth-order valence-electron chi connectivity index (χ4n) is 4.04. The summed E-state index contributed by atoms with van der Waals surface area (Å²) in [5, 5.41) is 4.62. The Kier molecular flexibility index (Phi) is 4.80. The molecule has 4 nitrogen and oxygen atoms in total. The molecular formula is C26H15I2N3O. The number of nitrogen functional groups attached to an aromatic ring is 1. The van der Waals surface area contributed by atoms with Gasteiger partial charge in [-0.1, -0.05) is 12.1 Å². The van der Waals surface area contributed by atoms with Crippen LogP contribution in [0.1, 0.15) is 0 Å². The van der Waals surface area contributed by atoms with Gasteiger partial charge in [-0.05, 0) is 117 Å². The molecule has 154 valence electrons. The zero-order chi connectivity index (χ0) is 21.8. The van der Waals surface area contributed by atoms with Gasteiger partial charge >= 0.3 is 0 Å². The van der Waals surface area contributed by atoms with E-state index in [0.717, 1.165) is 38.6 Å². The van der Waals surface area contributed by atoms with Gasteiger partial charge in [-0.25, -0.2) is 9.97 Å². The molecule has 6 rings (SSSR count). The number of fused-ring (bicyclic) bond motifs is 7. The standard InChI is InChI=1S/C26H15I2N3O/c27-14-1-8-19-20-9-2-15(28)12-22(20)26-25(21(19)11-14)30-23-10-7-18(13-24(23)31-26)32-17-5-3-16(29)4-6-17/h1-13H,29H2. The van der Waals surface area contributed by atoms with Crippen LogP contribution in [0.25, 0.3) is 43.6 Å². The van der Waals surface area contributed by atoms with Crippen molar-refractivity contribution in [1.82, 2.24) is 9.97 Å². The second-order valence-corrected chi connectivity index (χ2v) is 10.1. The smallest absolute Gasteiger partial charge is 0.129 e. The zero-order valence-electron chi connectivity index (χ0n) is 16.6. The number of nitrogens with zero attached hydrogens (tertiary/aromatic N) is 2. The van der Waals surface area contributed by atoms with Crippen LogP contribution < -0.4 is 10.5 Å². The number of halogens is 2. The van der Waals surface area contributed by atoms with E-state index in [4.69, 9.17) is 20.4 Å². The van der Waals surface area contributed by atoms with Crippen LogP contribution in [-0.4, -0.2) is 9.97 Å². The Labute approximate surface area is 211 Å². The van der Waals surface area contributed by atoms with Crippen molar-refractivity contribution in [3.8, 4) is 11.5 Å². The third kappa shape index (κ3) is 3.41. The van der Waals surface area contributed by atoms with Gasteiger partial charge in [0.15, 0.2) is 0 Å². The normalized spacial score (nSPS) is 11.6. The molecule has 0 saturated heterocycles. The van der Waals surface area contributed by atoms with Gasteiger partial charge in [-0.15, -0.1) is 0 Å². The number of aromatic nitrogens is 2. The summed E-state index contributed by atoms with van der Waals surface area (Å²) in [6, 6.07) is 26.2. The molecule has 32 heavy (non-hydrogen) atoms. The molecule has 0 aliphatic carbocycles. The lowest BCUT2D eigenvalue weighted by Gasteiger charge is -2.12. The van der Waals surface area contributed by atoms with Gasteiger partial charge < -0.3 is 10.5 Å². The van der Waals surface area contributed by atoms with E-state index >= 15 is 0 Å². The van der Waals surface area contributed by atoms with Crippen molar-refractivity contribution in [3.05, 3.63) is 86.0 Å². The molecule has 6 heteroatoms. The average Bonchev–Trinajstić information content (AvgIpc) is 2.79. The highest BCUT2D eigenvalue weighted by molar-refractivity contribution is 14.1. The van der Waals surface area contributed by atoms with Crippen molar-refractivity contribution in [2.24, 2.45) is 0 Å². The topological polar surface area (TPSA) is 61.0 Å². The summed E-state index contributed by atoms with van der Waals surface area (Å²) in [5.74, 6) is 1.44. The first-order chi connectivity index (χ1) is 15.5. The Morgan fingerprint density at radius 1 is 0.562 bits per heavy atom. The van der Waals surface area contributed by atoms with Crippen LogP contribution in [0.3, 0.4) is 0 Å². The summed E-state index contributed by atoms with van der Waals surface area (Å²) >= 11 is 4.70. The molecule has 0 saturated carbocycles. The molecule has 2 N–H and O–H groups in total. The fraction of sp³-hybridized carbons (Fsp3) is 0. The Morgan fingerprint density at radius 3 is 1.75 bits per heavy atom. The quantitative estimate of drug-likeness (QED) is 0.0915. The first-order valence-corrected chi connectivity index (χ1v) is 12.2. The summed E-state index contributed by atoms with van der Waals surface area (Å²) in [6.07, 6.45) is 0. The minimum absolute atomic E-state index is 0.705. The average molecular weight is 639 g/mol. The predicted octanol–water partition coefficient (Wildman–Crippen LogP) is 7.67. The van der Waals surface area contributed by atoms with E-state index in [1.165, 1.54) is 17.9 Å². The van der Waals surface area contributed by atoms with Crippen molar-refractivity contribution in [2.45, 2.75) is 0 Å². The second kappa shape index (κ2) is 7.70. The molecule has 6 aromatic rings. The van der Waals surface area contributed by atoms with Gasteiger partial charge in [0.05, 0.1) is 22.1 Å². The van der Waals surface area contributed by atoms with Crippen molar-refractivity contribution < 1.29 is 4.74 Å². The van der Waals surface area contributed by atoms with E-state index in [0.29, 0.717) is 11.4 Å². The monoisotopic (exact) mass is 639 g/mol. The number of anilines is 1. The van der Waals surface area contributed by atoms with Crippen molar-refractivity contribution in [3.63, 3.8) is 0 Å². The zero-order valence-corrected chi connectivity index (χ0v) is 21.0. The lowest BCUT2D eigenvalue weighted by Crippen LogP contribution is -1.93. The second-order valence-electron chi connectivity index (χ2n) is 7.62. The van der Waals surface area contributed by atoms with Crippen LogP contribution >= 0.6 is 45.2 Å². The maximum Gasteiger partial charge on any atom is 0.129 e. The summed E-state index contributed by atoms with van der Waals surface area (Å²) in [7, 11) is 0. The third-order valence-electron chi connectivity index (χ3n) is 5.52. The van der Waals surface area contributed by atoms with E-state index in [1.807, 2.05) is 42.5 Å². The number of hydrogen-bond donors (Lipinski definition) is 1. The number of nitrogens with two attached hydrogens (primary N) is 1. The van der Waals surface area contributed by atoms with Gasteiger partial charge in [0.25, 0.3) is 0 Å². The van der Waals surface area contributed by atoms with Crippen LogP contribution in [-0.2, 0) is 0 Å². The summed E-state index contributed by atoms with van der Waals surface area (Å²) in [6.45, 7) is 0. The SMILES string of the molecule is Nc1ccc(Oc2ccc3nc4c5cc(I)ccc5c5ccc(I)cc5c4nc3c2)cc1. The molecule has 0 atom stereocenters. The van der Waals surface area contributed by atoms with Crippen molar-refractivity contribution in [1.29, 1.82) is 0 Å². The van der Waals surface area contributed by atoms with E-state index in [-0.39, 0.29) is 0 Å².